The van der Waals surface area contributed by atoms with Gasteiger partial charge in [-0.2, -0.15) is 0 Å². The van der Waals surface area contributed by atoms with E-state index >= 15 is 0 Å². The van der Waals surface area contributed by atoms with Gasteiger partial charge in [-0.3, -0.25) is 0 Å². The monoisotopic (exact) mass is 266 g/mol. The molecule has 0 bridgehead atoms. The van der Waals surface area contributed by atoms with E-state index in [0.717, 1.165) is 0 Å². The van der Waals surface area contributed by atoms with Crippen molar-refractivity contribution in [1.82, 2.24) is 15.3 Å². The van der Waals surface area contributed by atoms with Gasteiger partial charge in [0.25, 0.3) is 0 Å². The lowest BCUT2D eigenvalue weighted by molar-refractivity contribution is 0.628. The normalized spacial score (nSPS) is 10.4. The van der Waals surface area contributed by atoms with E-state index in [4.69, 9.17) is 11.6 Å². The number of anilines is 2. The molecule has 2 aromatic rings. The lowest BCUT2D eigenvalue weighted by atomic mass is 10.3. The Bertz CT molecular complexity index is 547. The molecule has 2 rings (SSSR count). The number of nitrogens with zero attached hydrogens (tertiary/aromatic N) is 2. The average molecular weight is 267 g/mol. The molecule has 0 radical (unpaired) electrons. The molecule has 94 valence electrons. The van der Waals surface area contributed by atoms with Crippen LogP contribution in [0.3, 0.4) is 0 Å². The van der Waals surface area contributed by atoms with Crippen LogP contribution in [0.2, 0.25) is 5.02 Å². The van der Waals surface area contributed by atoms with E-state index in [9.17, 15) is 4.39 Å². The van der Waals surface area contributed by atoms with E-state index in [1.807, 2.05) is 7.05 Å². The maximum Gasteiger partial charge on any atom is 0.144 e. The first kappa shape index (κ1) is 12.7. The number of rotatable bonds is 4. The summed E-state index contributed by atoms with van der Waals surface area (Å²) in [6.07, 6.45) is 1.66. The van der Waals surface area contributed by atoms with Gasteiger partial charge in [-0.05, 0) is 31.3 Å². The standard InChI is InChI=1S/C12H12ClFN4/c1-15-7-12-16-5-4-11(18-12)17-8-2-3-10(14)9(13)6-8/h2-6,15H,7H2,1H3,(H,16,17,18). The second-order valence-electron chi connectivity index (χ2n) is 3.64. The Labute approximate surface area is 109 Å². The van der Waals surface area contributed by atoms with E-state index in [2.05, 4.69) is 20.6 Å². The summed E-state index contributed by atoms with van der Waals surface area (Å²) in [6.45, 7) is 0.583. The molecule has 0 fully saturated rings. The van der Waals surface area contributed by atoms with E-state index in [1.165, 1.54) is 12.1 Å². The number of aromatic nitrogens is 2. The molecular formula is C12H12ClFN4. The Morgan fingerprint density at radius 3 is 2.89 bits per heavy atom. The van der Waals surface area contributed by atoms with Gasteiger partial charge in [-0.1, -0.05) is 11.6 Å². The van der Waals surface area contributed by atoms with Crippen molar-refractivity contribution in [2.45, 2.75) is 6.54 Å². The highest BCUT2D eigenvalue weighted by atomic mass is 35.5. The summed E-state index contributed by atoms with van der Waals surface area (Å²) < 4.78 is 13.0. The molecule has 18 heavy (non-hydrogen) atoms. The molecule has 2 N–H and O–H groups in total. The second-order valence-corrected chi connectivity index (χ2v) is 4.05. The zero-order valence-corrected chi connectivity index (χ0v) is 10.5. The fraction of sp³-hybridized carbons (Fsp3) is 0.167. The molecule has 0 saturated heterocycles. The fourth-order valence-corrected chi connectivity index (χ4v) is 1.61. The third kappa shape index (κ3) is 3.15. The van der Waals surface area contributed by atoms with E-state index in [0.29, 0.717) is 23.9 Å². The van der Waals surface area contributed by atoms with Gasteiger partial charge in [-0.25, -0.2) is 14.4 Å². The van der Waals surface area contributed by atoms with Crippen LogP contribution in [0.15, 0.2) is 30.5 Å². The minimum atomic E-state index is -0.444. The Balaban J connectivity index is 2.17. The number of hydrogen-bond acceptors (Lipinski definition) is 4. The predicted octanol–water partition coefficient (Wildman–Crippen LogP) is 2.73. The highest BCUT2D eigenvalue weighted by molar-refractivity contribution is 6.31. The van der Waals surface area contributed by atoms with Crippen molar-refractivity contribution in [1.29, 1.82) is 0 Å². The smallest absolute Gasteiger partial charge is 0.144 e. The quantitative estimate of drug-likeness (QED) is 0.893. The topological polar surface area (TPSA) is 49.8 Å². The summed E-state index contributed by atoms with van der Waals surface area (Å²) in [5.74, 6) is 0.870. The van der Waals surface area contributed by atoms with Crippen LogP contribution in [-0.4, -0.2) is 17.0 Å². The van der Waals surface area contributed by atoms with E-state index in [1.54, 1.807) is 18.3 Å². The van der Waals surface area contributed by atoms with Gasteiger partial charge >= 0.3 is 0 Å². The van der Waals surface area contributed by atoms with Crippen LogP contribution in [0, 0.1) is 5.82 Å². The van der Waals surface area contributed by atoms with Crippen molar-refractivity contribution in [3.8, 4) is 0 Å². The van der Waals surface area contributed by atoms with Crippen molar-refractivity contribution < 1.29 is 4.39 Å². The highest BCUT2D eigenvalue weighted by Crippen LogP contribution is 2.21. The van der Waals surface area contributed by atoms with Crippen LogP contribution in [0.5, 0.6) is 0 Å². The predicted molar refractivity (Wildman–Crippen MR) is 69.5 cm³/mol. The molecule has 0 atom stereocenters. The maximum absolute atomic E-state index is 13.0. The Morgan fingerprint density at radius 2 is 2.17 bits per heavy atom. The molecule has 0 saturated carbocycles. The van der Waals surface area contributed by atoms with Crippen molar-refractivity contribution in [3.63, 3.8) is 0 Å². The van der Waals surface area contributed by atoms with Gasteiger partial charge in [0, 0.05) is 11.9 Å². The molecule has 1 aromatic heterocycles. The first-order valence-corrected chi connectivity index (χ1v) is 5.75. The zero-order valence-electron chi connectivity index (χ0n) is 9.74. The first-order valence-electron chi connectivity index (χ1n) is 5.37. The minimum Gasteiger partial charge on any atom is -0.340 e. The molecule has 0 spiro atoms. The summed E-state index contributed by atoms with van der Waals surface area (Å²) in [5, 5.41) is 6.08. The van der Waals surface area contributed by atoms with E-state index < -0.39 is 5.82 Å². The second kappa shape index (κ2) is 5.75. The summed E-state index contributed by atoms with van der Waals surface area (Å²) in [4.78, 5) is 8.39. The number of nitrogens with one attached hydrogen (secondary N) is 2. The van der Waals surface area contributed by atoms with Gasteiger partial charge in [0.05, 0.1) is 11.6 Å². The summed E-state index contributed by atoms with van der Waals surface area (Å²) >= 11 is 5.70. The van der Waals surface area contributed by atoms with Gasteiger partial charge in [-0.15, -0.1) is 0 Å². The first-order chi connectivity index (χ1) is 8.69. The number of benzene rings is 1. The lowest BCUT2D eigenvalue weighted by Gasteiger charge is -2.07. The lowest BCUT2D eigenvalue weighted by Crippen LogP contribution is -2.09. The molecule has 0 aliphatic heterocycles. The van der Waals surface area contributed by atoms with Crippen molar-refractivity contribution >= 4 is 23.1 Å². The molecule has 1 heterocycles. The van der Waals surface area contributed by atoms with Gasteiger partial charge in [0.1, 0.15) is 17.5 Å². The molecule has 4 nitrogen and oxygen atoms in total. The van der Waals surface area contributed by atoms with Crippen LogP contribution in [0.25, 0.3) is 0 Å². The van der Waals surface area contributed by atoms with Gasteiger partial charge in [0.2, 0.25) is 0 Å². The summed E-state index contributed by atoms with van der Waals surface area (Å²) in [5.41, 5.74) is 0.676. The molecule has 6 heteroatoms. The largest absolute Gasteiger partial charge is 0.340 e. The van der Waals surface area contributed by atoms with Gasteiger partial charge < -0.3 is 10.6 Å². The molecule has 0 unspecified atom stereocenters. The van der Waals surface area contributed by atoms with Crippen LogP contribution >= 0.6 is 11.6 Å². The average Bonchev–Trinajstić information content (AvgIpc) is 2.35. The maximum atomic E-state index is 13.0. The highest BCUT2D eigenvalue weighted by Gasteiger charge is 2.03. The fourth-order valence-electron chi connectivity index (χ4n) is 1.43. The Morgan fingerprint density at radius 1 is 1.33 bits per heavy atom. The summed E-state index contributed by atoms with van der Waals surface area (Å²) in [6, 6.07) is 6.15. The number of hydrogen-bond donors (Lipinski definition) is 2. The Hall–Kier alpha value is -1.72. The van der Waals surface area contributed by atoms with Crippen molar-refractivity contribution in [3.05, 3.63) is 47.1 Å². The molecule has 0 aliphatic carbocycles. The molecule has 1 aromatic carbocycles. The molecule has 0 aliphatic rings. The third-order valence-corrected chi connectivity index (χ3v) is 2.52. The molecule has 0 amide bonds. The molecular weight excluding hydrogens is 255 g/mol. The van der Waals surface area contributed by atoms with Crippen LogP contribution < -0.4 is 10.6 Å². The van der Waals surface area contributed by atoms with Gasteiger partial charge in [0.15, 0.2) is 0 Å². The Kier molecular flexibility index (Phi) is 4.07. The van der Waals surface area contributed by atoms with Crippen molar-refractivity contribution in [2.24, 2.45) is 0 Å². The van der Waals surface area contributed by atoms with Crippen LogP contribution in [-0.2, 0) is 6.54 Å². The third-order valence-electron chi connectivity index (χ3n) is 2.23. The zero-order chi connectivity index (χ0) is 13.0. The van der Waals surface area contributed by atoms with Crippen LogP contribution in [0.4, 0.5) is 15.9 Å². The van der Waals surface area contributed by atoms with Crippen LogP contribution in [0.1, 0.15) is 5.82 Å². The summed E-state index contributed by atoms with van der Waals surface area (Å²) in [7, 11) is 1.82. The number of halogens is 2. The SMILES string of the molecule is CNCc1nccc(Nc2ccc(F)c(Cl)c2)n1. The minimum absolute atomic E-state index is 0.0736. The van der Waals surface area contributed by atoms with E-state index in [-0.39, 0.29) is 5.02 Å². The van der Waals surface area contributed by atoms with Crippen molar-refractivity contribution in [2.75, 3.05) is 12.4 Å².